The second-order valence-electron chi connectivity index (χ2n) is 5.49. The van der Waals surface area contributed by atoms with Crippen molar-refractivity contribution in [3.8, 4) is 5.75 Å². The largest absolute Gasteiger partial charge is 0.496 e. The van der Waals surface area contributed by atoms with Gasteiger partial charge in [0.25, 0.3) is 0 Å². The number of methoxy groups -OCH3 is 1. The second kappa shape index (κ2) is 7.27. The van der Waals surface area contributed by atoms with Gasteiger partial charge in [-0.15, -0.1) is 0 Å². The Morgan fingerprint density at radius 3 is 2.68 bits per heavy atom. The summed E-state index contributed by atoms with van der Waals surface area (Å²) in [6, 6.07) is 6.30. The Labute approximate surface area is 124 Å². The monoisotopic (exact) mass is 329 g/mol. The first-order chi connectivity index (χ1) is 8.84. The minimum Gasteiger partial charge on any atom is -0.496 e. The zero-order chi connectivity index (χ0) is 14.5. The van der Waals surface area contributed by atoms with Gasteiger partial charge in [-0.2, -0.15) is 0 Å². The summed E-state index contributed by atoms with van der Waals surface area (Å²) >= 11 is 3.46. The molecule has 0 saturated heterocycles. The highest BCUT2D eigenvalue weighted by Crippen LogP contribution is 2.27. The van der Waals surface area contributed by atoms with Gasteiger partial charge in [-0.1, -0.05) is 29.8 Å². The van der Waals surface area contributed by atoms with Crippen LogP contribution < -0.4 is 10.1 Å². The summed E-state index contributed by atoms with van der Waals surface area (Å²) in [5.41, 5.74) is 0.280. The molecule has 1 rings (SSSR count). The SMILES string of the molecule is COc1ccc(Br)cc1CC(C)(O)CCNC(C)C. The van der Waals surface area contributed by atoms with E-state index in [2.05, 4.69) is 35.1 Å². The van der Waals surface area contributed by atoms with Crippen LogP contribution in [0.15, 0.2) is 22.7 Å². The molecule has 0 fully saturated rings. The standard InChI is InChI=1S/C15H24BrNO2/c1-11(2)17-8-7-15(3,18)10-12-9-13(16)5-6-14(12)19-4/h5-6,9,11,17-18H,7-8,10H2,1-4H3. The maximum Gasteiger partial charge on any atom is 0.122 e. The topological polar surface area (TPSA) is 41.5 Å². The molecule has 0 heterocycles. The van der Waals surface area contributed by atoms with E-state index in [0.717, 1.165) is 22.3 Å². The summed E-state index contributed by atoms with van der Waals surface area (Å²) in [7, 11) is 1.65. The zero-order valence-corrected chi connectivity index (χ0v) is 13.8. The number of rotatable bonds is 7. The maximum atomic E-state index is 10.5. The second-order valence-corrected chi connectivity index (χ2v) is 6.40. The van der Waals surface area contributed by atoms with Crippen LogP contribution >= 0.6 is 15.9 Å². The average Bonchev–Trinajstić information content (AvgIpc) is 2.27. The highest BCUT2D eigenvalue weighted by molar-refractivity contribution is 9.10. The van der Waals surface area contributed by atoms with Gasteiger partial charge in [0, 0.05) is 16.9 Å². The van der Waals surface area contributed by atoms with Crippen molar-refractivity contribution in [2.24, 2.45) is 0 Å². The highest BCUT2D eigenvalue weighted by Gasteiger charge is 2.22. The van der Waals surface area contributed by atoms with Crippen LogP contribution in [0.25, 0.3) is 0 Å². The van der Waals surface area contributed by atoms with E-state index in [4.69, 9.17) is 4.74 Å². The molecule has 0 aliphatic heterocycles. The summed E-state index contributed by atoms with van der Waals surface area (Å²) in [6.45, 7) is 6.88. The average molecular weight is 330 g/mol. The Balaban J connectivity index is 2.68. The third-order valence-electron chi connectivity index (χ3n) is 3.03. The number of aliphatic hydroxyl groups is 1. The van der Waals surface area contributed by atoms with Gasteiger partial charge in [-0.3, -0.25) is 0 Å². The Morgan fingerprint density at radius 2 is 2.11 bits per heavy atom. The van der Waals surface area contributed by atoms with E-state index < -0.39 is 5.60 Å². The molecule has 0 aliphatic rings. The van der Waals surface area contributed by atoms with Crippen LogP contribution in [0.2, 0.25) is 0 Å². The van der Waals surface area contributed by atoms with Gasteiger partial charge in [-0.25, -0.2) is 0 Å². The summed E-state index contributed by atoms with van der Waals surface area (Å²) < 4.78 is 6.34. The van der Waals surface area contributed by atoms with Crippen LogP contribution in [-0.2, 0) is 6.42 Å². The predicted octanol–water partition coefficient (Wildman–Crippen LogP) is 3.14. The first-order valence-electron chi connectivity index (χ1n) is 6.62. The van der Waals surface area contributed by atoms with Crippen molar-refractivity contribution in [3.05, 3.63) is 28.2 Å². The van der Waals surface area contributed by atoms with Gasteiger partial charge in [0.2, 0.25) is 0 Å². The first kappa shape index (κ1) is 16.5. The zero-order valence-electron chi connectivity index (χ0n) is 12.2. The molecule has 0 spiro atoms. The molecule has 0 saturated carbocycles. The van der Waals surface area contributed by atoms with Crippen LogP contribution in [0.3, 0.4) is 0 Å². The number of ether oxygens (including phenoxy) is 1. The molecule has 0 aliphatic carbocycles. The van der Waals surface area contributed by atoms with Crippen molar-refractivity contribution >= 4 is 15.9 Å². The number of benzene rings is 1. The molecule has 2 N–H and O–H groups in total. The summed E-state index contributed by atoms with van der Waals surface area (Å²) in [6.07, 6.45) is 1.29. The Bertz CT molecular complexity index is 405. The predicted molar refractivity (Wildman–Crippen MR) is 82.8 cm³/mol. The van der Waals surface area contributed by atoms with E-state index in [0.29, 0.717) is 18.9 Å². The summed E-state index contributed by atoms with van der Waals surface area (Å²) in [5.74, 6) is 0.820. The van der Waals surface area contributed by atoms with Crippen LogP contribution in [0.4, 0.5) is 0 Å². The molecular weight excluding hydrogens is 306 g/mol. The number of hydrogen-bond donors (Lipinski definition) is 2. The molecule has 1 aromatic rings. The molecule has 1 aromatic carbocycles. The fraction of sp³-hybridized carbons (Fsp3) is 0.600. The van der Waals surface area contributed by atoms with E-state index in [-0.39, 0.29) is 0 Å². The lowest BCUT2D eigenvalue weighted by Crippen LogP contribution is -2.34. The smallest absolute Gasteiger partial charge is 0.122 e. The molecular formula is C15H24BrNO2. The van der Waals surface area contributed by atoms with Crippen LogP contribution in [0.1, 0.15) is 32.8 Å². The lowest BCUT2D eigenvalue weighted by Gasteiger charge is -2.25. The molecule has 3 nitrogen and oxygen atoms in total. The molecule has 0 aromatic heterocycles. The van der Waals surface area contributed by atoms with Gasteiger partial charge >= 0.3 is 0 Å². The van der Waals surface area contributed by atoms with Crippen molar-refractivity contribution < 1.29 is 9.84 Å². The van der Waals surface area contributed by atoms with Crippen LogP contribution in [-0.4, -0.2) is 30.4 Å². The van der Waals surface area contributed by atoms with Crippen molar-refractivity contribution in [2.75, 3.05) is 13.7 Å². The fourth-order valence-electron chi connectivity index (χ4n) is 2.01. The van der Waals surface area contributed by atoms with Gasteiger partial charge in [-0.05, 0) is 43.7 Å². The van der Waals surface area contributed by atoms with E-state index >= 15 is 0 Å². The summed E-state index contributed by atoms with van der Waals surface area (Å²) in [4.78, 5) is 0. The Kier molecular flexibility index (Phi) is 6.30. The highest BCUT2D eigenvalue weighted by atomic mass is 79.9. The summed E-state index contributed by atoms with van der Waals surface area (Å²) in [5, 5.41) is 13.8. The molecule has 19 heavy (non-hydrogen) atoms. The molecule has 1 atom stereocenters. The molecule has 108 valence electrons. The van der Waals surface area contributed by atoms with Crippen LogP contribution in [0, 0.1) is 0 Å². The van der Waals surface area contributed by atoms with Crippen LogP contribution in [0.5, 0.6) is 5.75 Å². The molecule has 4 heteroatoms. The van der Waals surface area contributed by atoms with E-state index in [1.807, 2.05) is 25.1 Å². The van der Waals surface area contributed by atoms with Gasteiger partial charge in [0.1, 0.15) is 5.75 Å². The lowest BCUT2D eigenvalue weighted by molar-refractivity contribution is 0.0505. The quantitative estimate of drug-likeness (QED) is 0.807. The molecule has 0 bridgehead atoms. The number of halogens is 1. The molecule has 0 amide bonds. The third kappa shape index (κ3) is 5.93. The lowest BCUT2D eigenvalue weighted by atomic mass is 9.92. The van der Waals surface area contributed by atoms with Crippen molar-refractivity contribution in [3.63, 3.8) is 0 Å². The Hall–Kier alpha value is -0.580. The van der Waals surface area contributed by atoms with Gasteiger partial charge in [0.05, 0.1) is 12.7 Å². The van der Waals surface area contributed by atoms with E-state index in [1.165, 1.54) is 0 Å². The number of hydrogen-bond acceptors (Lipinski definition) is 3. The van der Waals surface area contributed by atoms with Gasteiger partial charge in [0.15, 0.2) is 0 Å². The van der Waals surface area contributed by atoms with Crippen molar-refractivity contribution in [2.45, 2.75) is 45.3 Å². The minimum absolute atomic E-state index is 0.441. The minimum atomic E-state index is -0.740. The van der Waals surface area contributed by atoms with Crippen molar-refractivity contribution in [1.29, 1.82) is 0 Å². The van der Waals surface area contributed by atoms with E-state index in [1.54, 1.807) is 7.11 Å². The van der Waals surface area contributed by atoms with Crippen molar-refractivity contribution in [1.82, 2.24) is 5.32 Å². The maximum absolute atomic E-state index is 10.5. The fourth-order valence-corrected chi connectivity index (χ4v) is 2.42. The molecule has 1 unspecified atom stereocenters. The first-order valence-corrected chi connectivity index (χ1v) is 7.41. The third-order valence-corrected chi connectivity index (χ3v) is 3.52. The molecule has 0 radical (unpaired) electrons. The Morgan fingerprint density at radius 1 is 1.42 bits per heavy atom. The van der Waals surface area contributed by atoms with Gasteiger partial charge < -0.3 is 15.2 Å². The van der Waals surface area contributed by atoms with E-state index in [9.17, 15) is 5.11 Å². The number of nitrogens with one attached hydrogen (secondary N) is 1. The normalized spacial score (nSPS) is 14.5.